The van der Waals surface area contributed by atoms with Gasteiger partial charge in [-0.15, -0.1) is 0 Å². The van der Waals surface area contributed by atoms with Gasteiger partial charge in [0.05, 0.1) is 32.5 Å². The molecule has 0 heterocycles. The first-order valence-corrected chi connectivity index (χ1v) is 13.1. The van der Waals surface area contributed by atoms with Crippen LogP contribution < -0.4 is 0 Å². The van der Waals surface area contributed by atoms with Crippen LogP contribution in [0.3, 0.4) is 0 Å². The Labute approximate surface area is 175 Å². The summed E-state index contributed by atoms with van der Waals surface area (Å²) in [5.41, 5.74) is 0. The van der Waals surface area contributed by atoms with Crippen molar-refractivity contribution in [3.63, 3.8) is 0 Å². The van der Waals surface area contributed by atoms with Crippen molar-refractivity contribution < 1.29 is 4.48 Å². The minimum Gasteiger partial charge on any atom is -0.328 e. The Kier molecular flexibility index (Phi) is 20.5. The van der Waals surface area contributed by atoms with Crippen molar-refractivity contribution in [3.8, 4) is 0 Å². The summed E-state index contributed by atoms with van der Waals surface area (Å²) in [5.74, 6) is 0. The van der Waals surface area contributed by atoms with Gasteiger partial charge in [0, 0.05) is 0 Å². The zero-order valence-electron chi connectivity index (χ0n) is 18.7. The van der Waals surface area contributed by atoms with Gasteiger partial charge in [-0.25, -0.2) is 0 Å². The first kappa shape index (κ1) is 26.4. The van der Waals surface area contributed by atoms with Crippen LogP contribution in [0.25, 0.3) is 0 Å². The van der Waals surface area contributed by atoms with Crippen LogP contribution in [0.1, 0.15) is 122 Å². The largest absolute Gasteiger partial charge is 0.328 e. The van der Waals surface area contributed by atoms with Crippen LogP contribution in [0.4, 0.5) is 0 Å². The lowest BCUT2D eigenvalue weighted by Crippen LogP contribution is -2.41. The van der Waals surface area contributed by atoms with Gasteiger partial charge in [0.25, 0.3) is 0 Å². The number of nitrogens with zero attached hydrogens (tertiary/aromatic N) is 1. The molecule has 0 fully saturated rings. The number of unbranched alkanes of at least 4 members (excludes halogenated alkanes) is 17. The number of hydrogen-bond donors (Lipinski definition) is 0. The lowest BCUT2D eigenvalue weighted by Gasteiger charge is -2.29. The van der Waals surface area contributed by atoms with Crippen LogP contribution in [-0.4, -0.2) is 37.0 Å². The van der Waals surface area contributed by atoms with Gasteiger partial charge in [0.15, 0.2) is 0 Å². The van der Waals surface area contributed by atoms with Crippen LogP contribution in [0.2, 0.25) is 0 Å². The van der Waals surface area contributed by atoms with Crippen molar-refractivity contribution >= 4 is 15.9 Å². The molecule has 0 aliphatic rings. The summed E-state index contributed by atoms with van der Waals surface area (Å²) in [6, 6.07) is 0. The first-order valence-electron chi connectivity index (χ1n) is 12.0. The normalized spacial score (nSPS) is 12.0. The quantitative estimate of drug-likeness (QED) is 0.0967. The van der Waals surface area contributed by atoms with E-state index in [0.717, 1.165) is 5.33 Å². The number of alkyl halides is 1. The maximum atomic E-state index is 3.56. The SMILES string of the molecule is CCCCCCCCCCCCCCCCCCCC[N+](C)(C)CCBr. The van der Waals surface area contributed by atoms with Gasteiger partial charge >= 0.3 is 0 Å². The third-order valence-electron chi connectivity index (χ3n) is 5.81. The molecule has 0 unspecified atom stereocenters. The van der Waals surface area contributed by atoms with Crippen molar-refractivity contribution in [2.24, 2.45) is 0 Å². The fourth-order valence-electron chi connectivity index (χ4n) is 3.78. The number of quaternary nitrogens is 1. The Hall–Kier alpha value is 0.440. The van der Waals surface area contributed by atoms with Crippen LogP contribution in [0.5, 0.6) is 0 Å². The molecule has 0 saturated heterocycles. The monoisotopic (exact) mass is 432 g/mol. The van der Waals surface area contributed by atoms with Gasteiger partial charge < -0.3 is 4.48 Å². The average Bonchev–Trinajstić information content (AvgIpc) is 2.60. The maximum absolute atomic E-state index is 3.56. The second kappa shape index (κ2) is 20.2. The molecule has 0 aromatic rings. The summed E-state index contributed by atoms with van der Waals surface area (Å²) < 4.78 is 1.17. The predicted octanol–water partition coefficient (Wildman–Crippen LogP) is 8.50. The molecule has 0 amide bonds. The van der Waals surface area contributed by atoms with Crippen LogP contribution in [0, 0.1) is 0 Å². The molecule has 0 aliphatic carbocycles. The average molecular weight is 434 g/mol. The van der Waals surface area contributed by atoms with Gasteiger partial charge in [-0.3, -0.25) is 0 Å². The molecule has 0 N–H and O–H groups in total. The topological polar surface area (TPSA) is 0 Å². The van der Waals surface area contributed by atoms with Crippen molar-refractivity contribution in [2.75, 3.05) is 32.5 Å². The molecule has 0 aromatic carbocycles. The fourth-order valence-corrected chi connectivity index (χ4v) is 4.74. The van der Waals surface area contributed by atoms with Crippen LogP contribution in [0.15, 0.2) is 0 Å². The van der Waals surface area contributed by atoms with Crippen LogP contribution in [-0.2, 0) is 0 Å². The predicted molar refractivity (Wildman–Crippen MR) is 124 cm³/mol. The van der Waals surface area contributed by atoms with E-state index in [0.29, 0.717) is 0 Å². The second-order valence-electron chi connectivity index (χ2n) is 9.08. The molecular weight excluding hydrogens is 382 g/mol. The standard InChI is InChI=1S/C24H51BrN/c1-4-5-6-7-8-9-10-11-12-13-14-15-16-17-18-19-20-21-23-26(2,3)24-22-25/h4-24H2,1-3H3/q+1. The zero-order chi connectivity index (χ0) is 19.3. The van der Waals surface area contributed by atoms with E-state index >= 15 is 0 Å². The lowest BCUT2D eigenvalue weighted by atomic mass is 10.0. The van der Waals surface area contributed by atoms with Gasteiger partial charge in [0.2, 0.25) is 0 Å². The lowest BCUT2D eigenvalue weighted by molar-refractivity contribution is -0.887. The number of halogens is 1. The maximum Gasteiger partial charge on any atom is 0.0880 e. The summed E-state index contributed by atoms with van der Waals surface area (Å²) in [5, 5.41) is 1.12. The molecule has 158 valence electrons. The van der Waals surface area contributed by atoms with E-state index in [1.54, 1.807) is 0 Å². The minimum atomic E-state index is 1.12. The number of rotatable bonds is 21. The van der Waals surface area contributed by atoms with E-state index in [1.807, 2.05) is 0 Å². The summed E-state index contributed by atoms with van der Waals surface area (Å²) in [4.78, 5) is 0. The molecule has 1 nitrogen and oxygen atoms in total. The Morgan fingerprint density at radius 1 is 0.462 bits per heavy atom. The highest BCUT2D eigenvalue weighted by molar-refractivity contribution is 9.09. The van der Waals surface area contributed by atoms with Gasteiger partial charge in [-0.05, 0) is 12.8 Å². The van der Waals surface area contributed by atoms with E-state index in [4.69, 9.17) is 0 Å². The highest BCUT2D eigenvalue weighted by atomic mass is 79.9. The van der Waals surface area contributed by atoms with Crippen molar-refractivity contribution in [1.82, 2.24) is 0 Å². The Bertz CT molecular complexity index is 265. The molecule has 0 saturated carbocycles. The molecule has 0 bridgehead atoms. The molecule has 0 aromatic heterocycles. The van der Waals surface area contributed by atoms with Gasteiger partial charge in [-0.2, -0.15) is 0 Å². The first-order chi connectivity index (χ1) is 12.6. The summed E-state index contributed by atoms with van der Waals surface area (Å²) in [6.45, 7) is 4.89. The van der Waals surface area contributed by atoms with Gasteiger partial charge in [0.1, 0.15) is 0 Å². The Morgan fingerprint density at radius 3 is 1.08 bits per heavy atom. The molecule has 26 heavy (non-hydrogen) atoms. The van der Waals surface area contributed by atoms with Crippen molar-refractivity contribution in [2.45, 2.75) is 122 Å². The fraction of sp³-hybridized carbons (Fsp3) is 1.00. The molecule has 0 atom stereocenters. The van der Waals surface area contributed by atoms with E-state index in [-0.39, 0.29) is 0 Å². The number of hydrogen-bond acceptors (Lipinski definition) is 0. The molecule has 0 rings (SSSR count). The molecule has 2 heteroatoms. The van der Waals surface area contributed by atoms with E-state index in [2.05, 4.69) is 36.9 Å². The van der Waals surface area contributed by atoms with E-state index < -0.39 is 0 Å². The summed E-state index contributed by atoms with van der Waals surface area (Å²) >= 11 is 3.56. The summed E-state index contributed by atoms with van der Waals surface area (Å²) in [6.07, 6.45) is 26.3. The molecule has 0 aliphatic heterocycles. The zero-order valence-corrected chi connectivity index (χ0v) is 20.3. The Morgan fingerprint density at radius 2 is 0.769 bits per heavy atom. The molecule has 0 spiro atoms. The Balaban J connectivity index is 3.09. The molecule has 0 radical (unpaired) electrons. The highest BCUT2D eigenvalue weighted by Gasteiger charge is 2.12. The van der Waals surface area contributed by atoms with Gasteiger partial charge in [-0.1, -0.05) is 126 Å². The minimum absolute atomic E-state index is 1.12. The smallest absolute Gasteiger partial charge is 0.0880 e. The van der Waals surface area contributed by atoms with Crippen molar-refractivity contribution in [1.29, 1.82) is 0 Å². The van der Waals surface area contributed by atoms with E-state index in [9.17, 15) is 0 Å². The third-order valence-corrected chi connectivity index (χ3v) is 6.16. The molecular formula is C24H51BrN+. The summed E-state index contributed by atoms with van der Waals surface area (Å²) in [7, 11) is 4.71. The third kappa shape index (κ3) is 20.7. The second-order valence-corrected chi connectivity index (χ2v) is 9.88. The van der Waals surface area contributed by atoms with Crippen molar-refractivity contribution in [3.05, 3.63) is 0 Å². The van der Waals surface area contributed by atoms with E-state index in [1.165, 1.54) is 133 Å². The highest BCUT2D eigenvalue weighted by Crippen LogP contribution is 2.14. The van der Waals surface area contributed by atoms with Crippen LogP contribution >= 0.6 is 15.9 Å².